The lowest BCUT2D eigenvalue weighted by molar-refractivity contribution is 0.217. The van der Waals surface area contributed by atoms with Crippen molar-refractivity contribution < 1.29 is 4.74 Å². The van der Waals surface area contributed by atoms with Gasteiger partial charge in [0, 0.05) is 75.9 Å². The van der Waals surface area contributed by atoms with Gasteiger partial charge < -0.3 is 24.3 Å². The number of piperazine rings is 2. The van der Waals surface area contributed by atoms with Crippen molar-refractivity contribution in [2.24, 2.45) is 0 Å². The Bertz CT molecular complexity index is 508. The Labute approximate surface area is 153 Å². The molecule has 0 radical (unpaired) electrons. The van der Waals surface area contributed by atoms with Crippen LogP contribution in [-0.4, -0.2) is 82.4 Å². The summed E-state index contributed by atoms with van der Waals surface area (Å²) >= 11 is 0. The third-order valence-corrected chi connectivity index (χ3v) is 5.53. The van der Waals surface area contributed by atoms with Crippen LogP contribution >= 0.6 is 0 Å². The van der Waals surface area contributed by atoms with E-state index in [1.807, 2.05) is 0 Å². The van der Waals surface area contributed by atoms with Crippen molar-refractivity contribution in [1.82, 2.24) is 9.80 Å². The second-order valence-corrected chi connectivity index (χ2v) is 7.60. The summed E-state index contributed by atoms with van der Waals surface area (Å²) in [4.78, 5) is 9.81. The average molecular weight is 347 g/mol. The lowest BCUT2D eigenvalue weighted by atomic mass is 10.2. The van der Waals surface area contributed by atoms with Gasteiger partial charge >= 0.3 is 0 Å². The first-order valence-corrected chi connectivity index (χ1v) is 9.74. The maximum Gasteiger partial charge on any atom is 0.123 e. The zero-order chi connectivity index (χ0) is 17.8. The molecule has 0 amide bonds. The van der Waals surface area contributed by atoms with E-state index in [0.29, 0.717) is 0 Å². The number of anilines is 2. The molecule has 1 atom stereocenters. The smallest absolute Gasteiger partial charge is 0.123 e. The van der Waals surface area contributed by atoms with E-state index >= 15 is 0 Å². The Hall–Kier alpha value is -1.46. The molecule has 2 fully saturated rings. The van der Waals surface area contributed by atoms with Crippen molar-refractivity contribution in [3.8, 4) is 5.75 Å². The van der Waals surface area contributed by atoms with Gasteiger partial charge in [0.25, 0.3) is 0 Å². The molecule has 0 aliphatic carbocycles. The summed E-state index contributed by atoms with van der Waals surface area (Å²) in [6.45, 7) is 13.2. The normalized spacial score (nSPS) is 21.4. The largest absolute Gasteiger partial charge is 0.491 e. The van der Waals surface area contributed by atoms with Gasteiger partial charge in [0.1, 0.15) is 5.75 Å². The van der Waals surface area contributed by atoms with Crippen molar-refractivity contribution in [3.63, 3.8) is 0 Å². The monoisotopic (exact) mass is 346 g/mol. The van der Waals surface area contributed by atoms with Crippen LogP contribution in [0.2, 0.25) is 0 Å². The molecular weight excluding hydrogens is 312 g/mol. The van der Waals surface area contributed by atoms with Gasteiger partial charge in [-0.1, -0.05) is 6.92 Å². The number of benzene rings is 1. The van der Waals surface area contributed by atoms with Gasteiger partial charge in [-0.25, -0.2) is 0 Å². The van der Waals surface area contributed by atoms with E-state index in [0.717, 1.165) is 64.5 Å². The first-order valence-electron chi connectivity index (χ1n) is 9.74. The van der Waals surface area contributed by atoms with E-state index in [9.17, 15) is 0 Å². The van der Waals surface area contributed by atoms with Crippen LogP contribution < -0.4 is 14.5 Å². The fraction of sp³-hybridized carbons (Fsp3) is 0.700. The highest BCUT2D eigenvalue weighted by Crippen LogP contribution is 2.31. The third-order valence-electron chi connectivity index (χ3n) is 5.53. The average Bonchev–Trinajstić information content (AvgIpc) is 2.62. The number of likely N-dealkylation sites (N-methyl/N-ethyl adjacent to an activating group) is 2. The summed E-state index contributed by atoms with van der Waals surface area (Å²) < 4.78 is 6.19. The number of hydrogen-bond donors (Lipinski definition) is 0. The van der Waals surface area contributed by atoms with Crippen molar-refractivity contribution in [1.29, 1.82) is 0 Å². The van der Waals surface area contributed by atoms with Gasteiger partial charge in [0.2, 0.25) is 0 Å². The first kappa shape index (κ1) is 18.3. The first-order chi connectivity index (χ1) is 12.0. The molecule has 5 nitrogen and oxygen atoms in total. The minimum atomic E-state index is 0.253. The third kappa shape index (κ3) is 4.79. The molecule has 25 heavy (non-hydrogen) atoms. The lowest BCUT2D eigenvalue weighted by Gasteiger charge is -2.37. The molecule has 0 N–H and O–H groups in total. The van der Waals surface area contributed by atoms with Gasteiger partial charge in [0.05, 0.1) is 6.10 Å². The van der Waals surface area contributed by atoms with Gasteiger partial charge in [-0.15, -0.1) is 0 Å². The summed E-state index contributed by atoms with van der Waals surface area (Å²) in [6.07, 6.45) is 1.28. The summed E-state index contributed by atoms with van der Waals surface area (Å²) in [6, 6.07) is 6.83. The number of ether oxygens (including phenoxy) is 1. The Morgan fingerprint density at radius 1 is 0.800 bits per heavy atom. The quantitative estimate of drug-likeness (QED) is 0.814. The minimum absolute atomic E-state index is 0.253. The molecule has 0 bridgehead atoms. The topological polar surface area (TPSA) is 22.2 Å². The van der Waals surface area contributed by atoms with Crippen LogP contribution in [-0.2, 0) is 0 Å². The van der Waals surface area contributed by atoms with Crippen LogP contribution in [0.15, 0.2) is 18.2 Å². The fourth-order valence-corrected chi connectivity index (χ4v) is 3.45. The number of hydrogen-bond acceptors (Lipinski definition) is 5. The molecule has 2 heterocycles. The van der Waals surface area contributed by atoms with Gasteiger partial charge in [-0.05, 0) is 33.5 Å². The maximum absolute atomic E-state index is 6.19. The van der Waals surface area contributed by atoms with E-state index in [-0.39, 0.29) is 6.10 Å². The second-order valence-electron chi connectivity index (χ2n) is 7.60. The number of rotatable bonds is 5. The second kappa shape index (κ2) is 8.28. The molecule has 1 aromatic rings. The Kier molecular flexibility index (Phi) is 6.07. The Morgan fingerprint density at radius 3 is 1.64 bits per heavy atom. The van der Waals surface area contributed by atoms with Crippen LogP contribution in [0.3, 0.4) is 0 Å². The summed E-state index contributed by atoms with van der Waals surface area (Å²) in [7, 11) is 4.41. The van der Waals surface area contributed by atoms with E-state index in [4.69, 9.17) is 4.74 Å². The van der Waals surface area contributed by atoms with Crippen molar-refractivity contribution >= 4 is 11.4 Å². The van der Waals surface area contributed by atoms with Crippen LogP contribution in [0.1, 0.15) is 20.3 Å². The molecule has 1 unspecified atom stereocenters. The Morgan fingerprint density at radius 2 is 1.24 bits per heavy atom. The lowest BCUT2D eigenvalue weighted by Crippen LogP contribution is -2.45. The molecule has 0 saturated carbocycles. The highest BCUT2D eigenvalue weighted by molar-refractivity contribution is 5.64. The van der Waals surface area contributed by atoms with Crippen molar-refractivity contribution in [2.75, 3.05) is 76.3 Å². The highest BCUT2D eigenvalue weighted by atomic mass is 16.5. The van der Waals surface area contributed by atoms with E-state index in [1.54, 1.807) is 0 Å². The van der Waals surface area contributed by atoms with Gasteiger partial charge in [0.15, 0.2) is 0 Å². The molecule has 0 aromatic heterocycles. The minimum Gasteiger partial charge on any atom is -0.491 e. The standard InChI is InChI=1S/C20H34N4O/c1-5-17(2)25-20-15-18(23-10-6-21(3)7-11-23)14-19(16-20)24-12-8-22(4)9-13-24/h14-17H,5-13H2,1-4H3. The zero-order valence-electron chi connectivity index (χ0n) is 16.4. The summed E-state index contributed by atoms with van der Waals surface area (Å²) in [5.74, 6) is 1.01. The van der Waals surface area contributed by atoms with Crippen LogP contribution in [0.4, 0.5) is 11.4 Å². The molecular formula is C20H34N4O. The molecule has 1 aromatic carbocycles. The van der Waals surface area contributed by atoms with E-state index < -0.39 is 0 Å². The molecule has 140 valence electrons. The zero-order valence-corrected chi connectivity index (χ0v) is 16.4. The Balaban J connectivity index is 1.83. The molecule has 2 saturated heterocycles. The van der Waals surface area contributed by atoms with Gasteiger partial charge in [-0.2, -0.15) is 0 Å². The fourth-order valence-electron chi connectivity index (χ4n) is 3.45. The van der Waals surface area contributed by atoms with Crippen LogP contribution in [0.25, 0.3) is 0 Å². The maximum atomic E-state index is 6.19. The predicted molar refractivity (Wildman–Crippen MR) is 106 cm³/mol. The molecule has 2 aliphatic rings. The number of nitrogens with zero attached hydrogens (tertiary/aromatic N) is 4. The summed E-state index contributed by atoms with van der Waals surface area (Å²) in [5, 5.41) is 0. The molecule has 2 aliphatic heterocycles. The van der Waals surface area contributed by atoms with E-state index in [1.165, 1.54) is 11.4 Å². The van der Waals surface area contributed by atoms with Gasteiger partial charge in [-0.3, -0.25) is 0 Å². The summed E-state index contributed by atoms with van der Waals surface area (Å²) in [5.41, 5.74) is 2.62. The molecule has 5 heteroatoms. The van der Waals surface area contributed by atoms with Crippen molar-refractivity contribution in [2.45, 2.75) is 26.4 Å². The highest BCUT2D eigenvalue weighted by Gasteiger charge is 2.20. The molecule has 3 rings (SSSR count). The SMILES string of the molecule is CCC(C)Oc1cc(N2CCN(C)CC2)cc(N2CCN(C)CC2)c1. The van der Waals surface area contributed by atoms with Crippen molar-refractivity contribution in [3.05, 3.63) is 18.2 Å². The molecule has 0 spiro atoms. The van der Waals surface area contributed by atoms with Crippen LogP contribution in [0, 0.1) is 0 Å². The predicted octanol–water partition coefficient (Wildman–Crippen LogP) is 2.37. The van der Waals surface area contributed by atoms with E-state index in [2.05, 4.69) is 65.7 Å². The van der Waals surface area contributed by atoms with Crippen LogP contribution in [0.5, 0.6) is 5.75 Å².